The SMILES string of the molecule is O=CC(=O)c1ccc(-n2cc(COCCOCCOCCOCCNC(=O)CCCC[C@H]3SCC4NC(=O)NC43)nn2)cc1. The molecule has 2 aliphatic rings. The average Bonchev–Trinajstić information content (AvgIpc) is 3.76. The Hall–Kier alpha value is -3.37. The van der Waals surface area contributed by atoms with E-state index in [0.29, 0.717) is 81.4 Å². The fourth-order valence-corrected chi connectivity index (χ4v) is 6.34. The van der Waals surface area contributed by atoms with Crippen LogP contribution >= 0.6 is 11.8 Å². The Balaban J connectivity index is 0.893. The highest BCUT2D eigenvalue weighted by atomic mass is 32.2. The first-order valence-electron chi connectivity index (χ1n) is 14.8. The number of aldehydes is 1. The molecule has 2 saturated heterocycles. The summed E-state index contributed by atoms with van der Waals surface area (Å²) in [6.45, 7) is 3.73. The van der Waals surface area contributed by atoms with Gasteiger partial charge in [-0.1, -0.05) is 11.6 Å². The number of unbranched alkanes of at least 4 members (excludes halogenated alkanes) is 1. The lowest BCUT2D eigenvalue weighted by atomic mass is 10.0. The van der Waals surface area contributed by atoms with Crippen molar-refractivity contribution in [2.45, 2.75) is 49.6 Å². The number of carbonyl (C=O) groups excluding carboxylic acids is 4. The van der Waals surface area contributed by atoms with Crippen molar-refractivity contribution < 1.29 is 38.1 Å². The van der Waals surface area contributed by atoms with Gasteiger partial charge in [-0.2, -0.15) is 11.8 Å². The highest BCUT2D eigenvalue weighted by Gasteiger charge is 2.42. The van der Waals surface area contributed by atoms with Crippen LogP contribution in [0.2, 0.25) is 0 Å². The highest BCUT2D eigenvalue weighted by molar-refractivity contribution is 8.00. The van der Waals surface area contributed by atoms with E-state index in [1.165, 1.54) is 0 Å². The lowest BCUT2D eigenvalue weighted by Crippen LogP contribution is -2.36. The Morgan fingerprint density at radius 2 is 1.68 bits per heavy atom. The molecule has 3 heterocycles. The van der Waals surface area contributed by atoms with Gasteiger partial charge in [0.15, 0.2) is 6.29 Å². The minimum atomic E-state index is -0.572. The number of amides is 3. The van der Waals surface area contributed by atoms with Crippen LogP contribution in [-0.2, 0) is 35.1 Å². The van der Waals surface area contributed by atoms with E-state index in [0.717, 1.165) is 25.0 Å². The first kappa shape index (κ1) is 33.5. The molecule has 240 valence electrons. The van der Waals surface area contributed by atoms with Gasteiger partial charge in [0.1, 0.15) is 5.69 Å². The number of nitrogens with zero attached hydrogens (tertiary/aromatic N) is 3. The van der Waals surface area contributed by atoms with Crippen molar-refractivity contribution in [1.82, 2.24) is 30.9 Å². The van der Waals surface area contributed by atoms with Crippen LogP contribution in [0.3, 0.4) is 0 Å². The van der Waals surface area contributed by atoms with Crippen molar-refractivity contribution in [3.8, 4) is 5.69 Å². The molecule has 3 amide bonds. The Bertz CT molecular complexity index is 1210. The summed E-state index contributed by atoms with van der Waals surface area (Å²) in [5, 5.41) is 17.4. The molecule has 44 heavy (non-hydrogen) atoms. The summed E-state index contributed by atoms with van der Waals surface area (Å²) in [4.78, 5) is 45.5. The van der Waals surface area contributed by atoms with Crippen LogP contribution in [0.5, 0.6) is 0 Å². The number of ketones is 1. The number of thioether (sulfide) groups is 1. The van der Waals surface area contributed by atoms with Gasteiger partial charge in [0, 0.05) is 29.5 Å². The van der Waals surface area contributed by atoms with E-state index in [-0.39, 0.29) is 36.9 Å². The quantitative estimate of drug-likeness (QED) is 0.0557. The molecule has 4 rings (SSSR count). The predicted molar refractivity (Wildman–Crippen MR) is 161 cm³/mol. The molecule has 14 nitrogen and oxygen atoms in total. The molecule has 2 fully saturated rings. The molecular weight excluding hydrogens is 592 g/mol. The molecular formula is C29H40N6O8S. The monoisotopic (exact) mass is 632 g/mol. The summed E-state index contributed by atoms with van der Waals surface area (Å²) in [6, 6.07) is 6.88. The van der Waals surface area contributed by atoms with Gasteiger partial charge in [0.25, 0.3) is 0 Å². The van der Waals surface area contributed by atoms with Crippen molar-refractivity contribution in [1.29, 1.82) is 0 Å². The molecule has 0 spiro atoms. The Morgan fingerprint density at radius 3 is 2.41 bits per heavy atom. The molecule has 15 heteroatoms. The van der Waals surface area contributed by atoms with Gasteiger partial charge in [-0.05, 0) is 37.1 Å². The molecule has 2 unspecified atom stereocenters. The number of nitrogens with one attached hydrogen (secondary N) is 3. The smallest absolute Gasteiger partial charge is 0.315 e. The van der Waals surface area contributed by atoms with E-state index in [9.17, 15) is 19.2 Å². The normalized spacial score (nSPS) is 18.9. The number of fused-ring (bicyclic) bond motifs is 1. The first-order chi connectivity index (χ1) is 21.5. The third-order valence-corrected chi connectivity index (χ3v) is 8.59. The van der Waals surface area contributed by atoms with E-state index in [1.54, 1.807) is 35.1 Å². The number of aromatic nitrogens is 3. The number of hydrogen-bond donors (Lipinski definition) is 3. The van der Waals surface area contributed by atoms with Gasteiger partial charge in [-0.25, -0.2) is 9.48 Å². The fraction of sp³-hybridized carbons (Fsp3) is 0.586. The number of hydrogen-bond acceptors (Lipinski definition) is 11. The number of rotatable bonds is 22. The molecule has 3 N–H and O–H groups in total. The summed E-state index contributed by atoms with van der Waals surface area (Å²) < 4.78 is 23.6. The highest BCUT2D eigenvalue weighted by Crippen LogP contribution is 2.33. The van der Waals surface area contributed by atoms with Crippen LogP contribution in [0.25, 0.3) is 5.69 Å². The van der Waals surface area contributed by atoms with E-state index in [2.05, 4.69) is 26.3 Å². The van der Waals surface area contributed by atoms with Crippen LogP contribution in [-0.4, -0.2) is 115 Å². The zero-order chi connectivity index (χ0) is 31.0. The fourth-order valence-electron chi connectivity index (χ4n) is 4.80. The lowest BCUT2D eigenvalue weighted by Gasteiger charge is -2.16. The van der Waals surface area contributed by atoms with E-state index < -0.39 is 5.78 Å². The zero-order valence-electron chi connectivity index (χ0n) is 24.6. The lowest BCUT2D eigenvalue weighted by molar-refractivity contribution is -0.121. The Labute approximate surface area is 260 Å². The number of ether oxygens (including phenoxy) is 4. The average molecular weight is 633 g/mol. The second kappa shape index (κ2) is 18.4. The maximum absolute atomic E-state index is 12.0. The largest absolute Gasteiger partial charge is 0.377 e. The minimum absolute atomic E-state index is 0.0307. The molecule has 0 radical (unpaired) electrons. The third kappa shape index (κ3) is 11.0. The van der Waals surface area contributed by atoms with Crippen molar-refractivity contribution in [2.24, 2.45) is 0 Å². The number of urea groups is 1. The second-order valence-corrected chi connectivity index (χ2v) is 11.6. The number of Topliss-reactive ketones (excluding diaryl/α,β-unsaturated/α-hetero) is 1. The van der Waals surface area contributed by atoms with Gasteiger partial charge in [-0.3, -0.25) is 14.4 Å². The van der Waals surface area contributed by atoms with Crippen LogP contribution < -0.4 is 16.0 Å². The van der Waals surface area contributed by atoms with Crippen molar-refractivity contribution in [2.75, 3.05) is 58.5 Å². The van der Waals surface area contributed by atoms with Gasteiger partial charge in [-0.15, -0.1) is 5.10 Å². The first-order valence-corrected chi connectivity index (χ1v) is 15.9. The van der Waals surface area contributed by atoms with E-state index in [1.807, 2.05) is 11.8 Å². The van der Waals surface area contributed by atoms with Gasteiger partial charge >= 0.3 is 6.03 Å². The summed E-state index contributed by atoms with van der Waals surface area (Å²) in [5.41, 5.74) is 1.68. The third-order valence-electron chi connectivity index (χ3n) is 7.08. The standard InChI is InChI=1S/C29H40N6O8S/c36-18-25(37)21-5-7-23(8-6-21)35-17-22(33-34-35)19-43-16-15-42-14-13-41-12-11-40-10-9-30-27(38)4-2-1-3-26-28-24(20-44-26)31-29(39)32-28/h5-8,17-18,24,26,28H,1-4,9-16,19-20H2,(H,30,38)(H2,31,32,39)/t24?,26-,28?/m1/s1. The Morgan fingerprint density at radius 1 is 0.977 bits per heavy atom. The number of carbonyl (C=O) groups is 4. The topological polar surface area (TPSA) is 172 Å². The van der Waals surface area contributed by atoms with Gasteiger partial charge < -0.3 is 34.9 Å². The van der Waals surface area contributed by atoms with E-state index in [4.69, 9.17) is 18.9 Å². The molecule has 0 bridgehead atoms. The van der Waals surface area contributed by atoms with Crippen molar-refractivity contribution in [3.63, 3.8) is 0 Å². The van der Waals surface area contributed by atoms with Crippen molar-refractivity contribution >= 4 is 35.8 Å². The second-order valence-electron chi connectivity index (χ2n) is 10.3. The zero-order valence-corrected chi connectivity index (χ0v) is 25.4. The van der Waals surface area contributed by atoms with Crippen LogP contribution in [0.4, 0.5) is 4.79 Å². The van der Waals surface area contributed by atoms with Gasteiger partial charge in [0.2, 0.25) is 11.7 Å². The molecule has 0 aliphatic carbocycles. The van der Waals surface area contributed by atoms with Crippen LogP contribution in [0.15, 0.2) is 30.5 Å². The van der Waals surface area contributed by atoms with E-state index >= 15 is 0 Å². The molecule has 2 aromatic rings. The van der Waals surface area contributed by atoms with Crippen LogP contribution in [0, 0.1) is 0 Å². The van der Waals surface area contributed by atoms with Crippen LogP contribution in [0.1, 0.15) is 41.7 Å². The van der Waals surface area contributed by atoms with Crippen molar-refractivity contribution in [3.05, 3.63) is 41.7 Å². The summed E-state index contributed by atoms with van der Waals surface area (Å²) in [6.07, 6.45) is 5.31. The predicted octanol–water partition coefficient (Wildman–Crippen LogP) is 1.06. The maximum atomic E-state index is 12.0. The molecule has 3 atom stereocenters. The number of benzene rings is 1. The summed E-state index contributed by atoms with van der Waals surface area (Å²) in [7, 11) is 0. The summed E-state index contributed by atoms with van der Waals surface area (Å²) in [5.74, 6) is 0.412. The molecule has 1 aromatic carbocycles. The Kier molecular flexibility index (Phi) is 14.0. The molecule has 0 saturated carbocycles. The maximum Gasteiger partial charge on any atom is 0.315 e. The minimum Gasteiger partial charge on any atom is -0.377 e. The summed E-state index contributed by atoms with van der Waals surface area (Å²) >= 11 is 1.89. The molecule has 2 aliphatic heterocycles. The molecule has 1 aromatic heterocycles. The van der Waals surface area contributed by atoms with Gasteiger partial charge in [0.05, 0.1) is 76.8 Å².